The fourth-order valence-corrected chi connectivity index (χ4v) is 8.92. The van der Waals surface area contributed by atoms with Crippen LogP contribution in [0.5, 0.6) is 0 Å². The molecule has 0 spiro atoms. The number of allylic oxidation sites excluding steroid dienone is 2. The zero-order valence-electron chi connectivity index (χ0n) is 42.5. The summed E-state index contributed by atoms with van der Waals surface area (Å²) < 4.78 is 45.9. The van der Waals surface area contributed by atoms with Crippen molar-refractivity contribution in [2.45, 2.75) is 276 Å². The number of ether oxygens (including phenoxy) is 2. The normalized spacial score (nSPS) is 11.7. The molecule has 0 saturated carbocycles. The minimum atomic E-state index is -4.84. The topological polar surface area (TPSA) is 110 Å². The Bertz CT molecular complexity index is 1410. The van der Waals surface area contributed by atoms with Gasteiger partial charge in [0.1, 0.15) is 10.1 Å². The van der Waals surface area contributed by atoms with Crippen LogP contribution in [0.3, 0.4) is 0 Å². The van der Waals surface area contributed by atoms with Gasteiger partial charge in [0, 0.05) is 0 Å². The third-order valence-corrected chi connectivity index (χ3v) is 13.4. The summed E-state index contributed by atoms with van der Waals surface area (Å²) in [5, 5.41) is 0. The van der Waals surface area contributed by atoms with Crippen molar-refractivity contribution in [1.82, 2.24) is 0 Å². The second-order valence-corrected chi connectivity index (χ2v) is 19.9. The smallest absolute Gasteiger partial charge is 0.744 e. The van der Waals surface area contributed by atoms with E-state index < -0.39 is 27.0 Å². The predicted molar refractivity (Wildman–Crippen MR) is 269 cm³/mol. The van der Waals surface area contributed by atoms with Crippen LogP contribution >= 0.6 is 0 Å². The number of hydrogen-bond donors (Lipinski definition) is 0. The number of carbonyl (C=O) groups excluding carboxylic acids is 2. The van der Waals surface area contributed by atoms with Gasteiger partial charge >= 0.3 is 63.3 Å². The quantitative estimate of drug-likeness (QED) is 0.0210. The second kappa shape index (κ2) is 48.2. The van der Waals surface area contributed by atoms with E-state index in [0.717, 1.165) is 43.9 Å². The molecule has 0 unspecified atom stereocenters. The van der Waals surface area contributed by atoms with E-state index in [9.17, 15) is 22.6 Å². The van der Waals surface area contributed by atoms with Crippen LogP contribution in [0.2, 0.25) is 0 Å². The van der Waals surface area contributed by atoms with Crippen LogP contribution < -0.4 is 51.4 Å². The van der Waals surface area contributed by atoms with E-state index in [-0.39, 0.29) is 75.7 Å². The van der Waals surface area contributed by atoms with Gasteiger partial charge in [-0.3, -0.25) is 0 Å². The summed E-state index contributed by atoms with van der Waals surface area (Å²) in [5.74, 6) is -1.62. The Morgan fingerprint density at radius 2 is 0.677 bits per heavy atom. The average Bonchev–Trinajstić information content (AvgIpc) is 3.28. The molecule has 0 bridgehead atoms. The first-order chi connectivity index (χ1) is 31.3. The summed E-state index contributed by atoms with van der Waals surface area (Å²) >= 11 is 0. The molecule has 0 fully saturated rings. The number of esters is 2. The molecule has 0 atom stereocenters. The summed E-state index contributed by atoms with van der Waals surface area (Å²) in [7, 11) is -4.84. The Labute approximate surface area is 443 Å². The summed E-state index contributed by atoms with van der Waals surface area (Å²) in [5.41, 5.74) is -0.404. The fourth-order valence-electron chi connectivity index (χ4n) is 8.42. The average molecular weight is 954 g/mol. The molecule has 1 aromatic carbocycles. The van der Waals surface area contributed by atoms with Crippen LogP contribution in [0.1, 0.15) is 291 Å². The molecule has 0 aliphatic heterocycles. The van der Waals surface area contributed by atoms with Gasteiger partial charge in [-0.05, 0) is 56.7 Å². The van der Waals surface area contributed by atoms with Crippen molar-refractivity contribution < 1.29 is 83.4 Å². The molecule has 0 radical (unpaired) electrons. The molecular weight excluding hydrogens is 856 g/mol. The van der Waals surface area contributed by atoms with Crippen molar-refractivity contribution in [3.63, 3.8) is 0 Å². The minimum absolute atomic E-state index is 0. The first-order valence-electron chi connectivity index (χ1n) is 27.0. The Balaban J connectivity index is 0.0000410. The fraction of sp³-hybridized carbons (Fsp3) is 0.786. The molecule has 0 N–H and O–H groups in total. The van der Waals surface area contributed by atoms with Crippen LogP contribution in [-0.2, 0) is 19.6 Å². The number of hydrogen-bond acceptors (Lipinski definition) is 7. The first-order valence-corrected chi connectivity index (χ1v) is 28.5. The molecule has 7 nitrogen and oxygen atoms in total. The van der Waals surface area contributed by atoms with Gasteiger partial charge in [-0.1, -0.05) is 256 Å². The molecule has 0 aliphatic carbocycles. The monoisotopic (exact) mass is 953 g/mol. The van der Waals surface area contributed by atoms with Crippen molar-refractivity contribution >= 4 is 22.1 Å². The van der Waals surface area contributed by atoms with Gasteiger partial charge in [0.05, 0.1) is 29.2 Å². The van der Waals surface area contributed by atoms with Crippen molar-refractivity contribution in [3.05, 3.63) is 53.6 Å². The van der Waals surface area contributed by atoms with Gasteiger partial charge < -0.3 is 14.0 Å². The van der Waals surface area contributed by atoms with Crippen molar-refractivity contribution in [2.24, 2.45) is 0 Å². The standard InChI is InChI=1S/C56H98O7S.K/c1-3-5-7-9-11-13-15-17-19-21-23-25-27-29-31-33-35-37-39-41-43-45-49-62-55(57)53-48-47-52(64(59,60)61)51-54(53)56(58)63-50-46-44-42-40-38-36-34-32-30-28-26-24-22-20-18-16-14-12-10-8-6-4-2;/h41-44,47-48,51H,3-40,45-46,49-50H2,1-2H3,(H,59,60,61);/q;+1/p-1/b43-41+,44-42+;. The van der Waals surface area contributed by atoms with Gasteiger partial charge in [-0.25, -0.2) is 18.0 Å². The van der Waals surface area contributed by atoms with E-state index >= 15 is 0 Å². The summed E-state index contributed by atoms with van der Waals surface area (Å²) in [4.78, 5) is 25.3. The molecule has 1 rings (SSSR count). The molecule has 65 heavy (non-hydrogen) atoms. The van der Waals surface area contributed by atoms with E-state index in [1.54, 1.807) is 0 Å². The molecule has 0 heterocycles. The van der Waals surface area contributed by atoms with Gasteiger partial charge in [0.2, 0.25) is 0 Å². The van der Waals surface area contributed by atoms with Crippen LogP contribution in [0.15, 0.2) is 47.4 Å². The van der Waals surface area contributed by atoms with Gasteiger partial charge in [-0.2, -0.15) is 0 Å². The van der Waals surface area contributed by atoms with E-state index in [1.807, 2.05) is 12.2 Å². The number of benzene rings is 1. The Hall–Kier alpha value is -0.814. The van der Waals surface area contributed by atoms with Crippen LogP contribution in [0.25, 0.3) is 0 Å². The number of unbranched alkanes of at least 4 members (excludes halogenated alkanes) is 36. The molecule has 370 valence electrons. The van der Waals surface area contributed by atoms with Crippen molar-refractivity contribution in [2.75, 3.05) is 13.2 Å². The molecule has 9 heteroatoms. The zero-order valence-corrected chi connectivity index (χ0v) is 46.4. The van der Waals surface area contributed by atoms with E-state index in [4.69, 9.17) is 9.47 Å². The van der Waals surface area contributed by atoms with Crippen LogP contribution in [0.4, 0.5) is 0 Å². The van der Waals surface area contributed by atoms with E-state index in [2.05, 4.69) is 26.0 Å². The van der Waals surface area contributed by atoms with Crippen molar-refractivity contribution in [3.8, 4) is 0 Å². The van der Waals surface area contributed by atoms with E-state index in [1.165, 1.54) is 218 Å². The SMILES string of the molecule is CCCCCCCCCCCCCCCCCCCC/C=C/CCOC(=O)c1ccc(S(=O)(=O)[O-])cc1C(=O)OCC/C=C/CCCCCCCCCCCCCCCCCCCC.[K+]. The van der Waals surface area contributed by atoms with Crippen molar-refractivity contribution in [1.29, 1.82) is 0 Å². The summed E-state index contributed by atoms with van der Waals surface area (Å²) in [6.45, 7) is 4.75. The molecular formula is C56H97KO7S. The predicted octanol–water partition coefficient (Wildman–Crippen LogP) is 14.7. The van der Waals surface area contributed by atoms with Crippen LogP contribution in [-0.4, -0.2) is 38.1 Å². The van der Waals surface area contributed by atoms with Crippen LogP contribution in [0, 0.1) is 0 Å². The molecule has 0 amide bonds. The number of rotatable bonds is 47. The summed E-state index contributed by atoms with van der Waals surface area (Å²) in [6.07, 6.45) is 60.1. The maximum Gasteiger partial charge on any atom is 1.00 e. The molecule has 0 aliphatic rings. The Morgan fingerprint density at radius 1 is 0.415 bits per heavy atom. The molecule has 1 aromatic rings. The maximum absolute atomic E-state index is 13.0. The second-order valence-electron chi connectivity index (χ2n) is 18.6. The first kappa shape index (κ1) is 64.2. The third kappa shape index (κ3) is 40.8. The number of carbonyl (C=O) groups is 2. The zero-order chi connectivity index (χ0) is 46.4. The van der Waals surface area contributed by atoms with Gasteiger partial charge in [-0.15, -0.1) is 0 Å². The molecule has 0 aromatic heterocycles. The third-order valence-electron chi connectivity index (χ3n) is 12.5. The molecule has 0 saturated heterocycles. The largest absolute Gasteiger partial charge is 1.00 e. The Kier molecular flexibility index (Phi) is 47.6. The minimum Gasteiger partial charge on any atom is -0.744 e. The van der Waals surface area contributed by atoms with E-state index in [0.29, 0.717) is 12.8 Å². The summed E-state index contributed by atoms with van der Waals surface area (Å²) in [6, 6.07) is 3.09. The van der Waals surface area contributed by atoms with Gasteiger partial charge in [0.25, 0.3) is 0 Å². The Morgan fingerprint density at radius 3 is 0.969 bits per heavy atom. The maximum atomic E-state index is 13.0. The van der Waals surface area contributed by atoms with Gasteiger partial charge in [0.15, 0.2) is 0 Å².